The van der Waals surface area contributed by atoms with Gasteiger partial charge in [0.25, 0.3) is 0 Å². The van der Waals surface area contributed by atoms with Gasteiger partial charge in [-0.05, 0) is 26.3 Å². The van der Waals surface area contributed by atoms with Crippen LogP contribution in [0.5, 0.6) is 0 Å². The van der Waals surface area contributed by atoms with Gasteiger partial charge in [-0.1, -0.05) is 44.2 Å². The number of carbonyl (C=O) groups is 1. The topological polar surface area (TPSA) is 55.8 Å². The molecule has 0 radical (unpaired) electrons. The molecule has 1 aliphatic rings. The molecule has 0 bridgehead atoms. The summed E-state index contributed by atoms with van der Waals surface area (Å²) in [4.78, 5) is 12.7. The molecule has 1 aliphatic heterocycles. The Kier molecular flexibility index (Phi) is 4.13. The third-order valence-electron chi connectivity index (χ3n) is 4.17. The van der Waals surface area contributed by atoms with Crippen molar-refractivity contribution in [2.45, 2.75) is 58.5 Å². The molecular formula is C17H24O4. The van der Waals surface area contributed by atoms with E-state index < -0.39 is 29.2 Å². The normalized spacial score (nSPS) is 28.8. The maximum Gasteiger partial charge on any atom is 0.344 e. The highest BCUT2D eigenvalue weighted by Gasteiger charge is 2.69. The fourth-order valence-electron chi connectivity index (χ4n) is 3.17. The Labute approximate surface area is 126 Å². The highest BCUT2D eigenvalue weighted by molar-refractivity contribution is 5.84. The molecule has 116 valence electrons. The van der Waals surface area contributed by atoms with Crippen LogP contribution in [0.15, 0.2) is 30.3 Å². The Morgan fingerprint density at radius 3 is 2.24 bits per heavy atom. The van der Waals surface area contributed by atoms with Gasteiger partial charge in [0, 0.05) is 5.41 Å². The summed E-state index contributed by atoms with van der Waals surface area (Å²) in [5.74, 6) is -0.398. The maximum atomic E-state index is 12.7. The molecule has 0 saturated carbocycles. The zero-order valence-corrected chi connectivity index (χ0v) is 13.3. The fourth-order valence-corrected chi connectivity index (χ4v) is 3.17. The van der Waals surface area contributed by atoms with E-state index in [4.69, 9.17) is 9.47 Å². The predicted octanol–water partition coefficient (Wildman–Crippen LogP) is 2.64. The molecule has 1 heterocycles. The van der Waals surface area contributed by atoms with Crippen molar-refractivity contribution in [3.05, 3.63) is 35.9 Å². The van der Waals surface area contributed by atoms with E-state index in [-0.39, 0.29) is 6.10 Å². The quantitative estimate of drug-likeness (QED) is 0.867. The molecule has 4 nitrogen and oxygen atoms in total. The van der Waals surface area contributed by atoms with Crippen LogP contribution in [0.1, 0.15) is 40.2 Å². The lowest BCUT2D eigenvalue weighted by atomic mass is 9.61. The number of hydrogen-bond acceptors (Lipinski definition) is 4. The molecule has 1 unspecified atom stereocenters. The fraction of sp³-hybridized carbons (Fsp3) is 0.588. The second-order valence-corrected chi connectivity index (χ2v) is 6.50. The van der Waals surface area contributed by atoms with Crippen molar-refractivity contribution in [1.29, 1.82) is 0 Å². The minimum Gasteiger partial charge on any atom is -0.461 e. The second kappa shape index (κ2) is 5.43. The first-order valence-corrected chi connectivity index (χ1v) is 7.36. The number of esters is 1. The van der Waals surface area contributed by atoms with Gasteiger partial charge in [0.1, 0.15) is 0 Å². The van der Waals surface area contributed by atoms with Crippen LogP contribution in [0.3, 0.4) is 0 Å². The van der Waals surface area contributed by atoms with Gasteiger partial charge in [0.05, 0.1) is 18.3 Å². The van der Waals surface area contributed by atoms with Crippen LogP contribution in [0.25, 0.3) is 0 Å². The lowest BCUT2D eigenvalue weighted by Crippen LogP contribution is -2.71. The summed E-state index contributed by atoms with van der Waals surface area (Å²) < 4.78 is 11.4. The number of benzene rings is 1. The summed E-state index contributed by atoms with van der Waals surface area (Å²) in [7, 11) is 0. The van der Waals surface area contributed by atoms with Crippen LogP contribution in [-0.2, 0) is 19.9 Å². The predicted molar refractivity (Wildman–Crippen MR) is 79.7 cm³/mol. The third-order valence-corrected chi connectivity index (χ3v) is 4.17. The Hall–Kier alpha value is -1.39. The monoisotopic (exact) mass is 292 g/mol. The van der Waals surface area contributed by atoms with Gasteiger partial charge in [-0.3, -0.25) is 0 Å². The molecule has 3 atom stereocenters. The molecule has 0 amide bonds. The number of aliphatic hydroxyl groups is 1. The van der Waals surface area contributed by atoms with Crippen molar-refractivity contribution < 1.29 is 19.4 Å². The molecule has 1 aromatic carbocycles. The average Bonchev–Trinajstić information content (AvgIpc) is 2.37. The minimum absolute atomic E-state index is 0.219. The van der Waals surface area contributed by atoms with Crippen molar-refractivity contribution in [2.24, 2.45) is 5.41 Å². The third kappa shape index (κ3) is 2.36. The molecule has 21 heavy (non-hydrogen) atoms. The average molecular weight is 292 g/mol. The van der Waals surface area contributed by atoms with E-state index in [1.807, 2.05) is 58.0 Å². The largest absolute Gasteiger partial charge is 0.461 e. The lowest BCUT2D eigenvalue weighted by molar-refractivity contribution is -0.330. The van der Waals surface area contributed by atoms with E-state index in [2.05, 4.69) is 0 Å². The summed E-state index contributed by atoms with van der Waals surface area (Å²) >= 11 is 0. The number of ether oxygens (including phenoxy) is 2. The molecule has 1 aromatic rings. The van der Waals surface area contributed by atoms with Crippen LogP contribution < -0.4 is 0 Å². The van der Waals surface area contributed by atoms with Gasteiger partial charge in [0.15, 0.2) is 5.60 Å². The van der Waals surface area contributed by atoms with E-state index in [1.54, 1.807) is 6.92 Å². The van der Waals surface area contributed by atoms with Crippen LogP contribution in [0.4, 0.5) is 0 Å². The first-order chi connectivity index (χ1) is 9.73. The van der Waals surface area contributed by atoms with Crippen molar-refractivity contribution in [3.63, 3.8) is 0 Å². The Morgan fingerprint density at radius 2 is 1.81 bits per heavy atom. The highest BCUT2D eigenvalue weighted by atomic mass is 16.6. The number of hydrogen-bond donors (Lipinski definition) is 1. The van der Waals surface area contributed by atoms with Crippen molar-refractivity contribution in [1.82, 2.24) is 0 Å². The summed E-state index contributed by atoms with van der Waals surface area (Å²) in [5, 5.41) is 9.87. The van der Waals surface area contributed by atoms with Crippen LogP contribution in [0.2, 0.25) is 0 Å². The molecule has 0 aliphatic carbocycles. The van der Waals surface area contributed by atoms with E-state index in [0.717, 1.165) is 5.56 Å². The van der Waals surface area contributed by atoms with Gasteiger partial charge in [-0.2, -0.15) is 0 Å². The van der Waals surface area contributed by atoms with Gasteiger partial charge in [0.2, 0.25) is 0 Å². The van der Waals surface area contributed by atoms with Gasteiger partial charge in [-0.15, -0.1) is 0 Å². The first-order valence-electron chi connectivity index (χ1n) is 7.36. The van der Waals surface area contributed by atoms with E-state index >= 15 is 0 Å². The van der Waals surface area contributed by atoms with Crippen molar-refractivity contribution >= 4 is 5.97 Å². The highest BCUT2D eigenvalue weighted by Crippen LogP contribution is 2.57. The molecule has 1 saturated heterocycles. The SMILES string of the molecule is CC(C)OC(=O)[C@@]1(c2ccccc2)O[C@H](C(C)O)C1(C)C. The standard InChI is InChI=1S/C17H24O4/c1-11(2)20-15(19)17(13-9-7-6-8-10-13)16(4,5)14(21-17)12(3)18/h6-12,14,18H,1-5H3/t12?,14-,17-/m1/s1. The first kappa shape index (κ1) is 16.0. The van der Waals surface area contributed by atoms with Crippen LogP contribution in [0, 0.1) is 5.41 Å². The molecule has 0 spiro atoms. The molecule has 2 rings (SSSR count). The summed E-state index contributed by atoms with van der Waals surface area (Å²) in [6.45, 7) is 9.17. The molecule has 1 fully saturated rings. The van der Waals surface area contributed by atoms with Gasteiger partial charge in [-0.25, -0.2) is 4.79 Å². The minimum atomic E-state index is -1.17. The summed E-state index contributed by atoms with van der Waals surface area (Å²) in [5.41, 5.74) is -0.966. The van der Waals surface area contributed by atoms with Gasteiger partial charge < -0.3 is 14.6 Å². The molecule has 4 heteroatoms. The molecular weight excluding hydrogens is 268 g/mol. The smallest absolute Gasteiger partial charge is 0.344 e. The van der Waals surface area contributed by atoms with Crippen LogP contribution >= 0.6 is 0 Å². The Bertz CT molecular complexity index is 507. The Morgan fingerprint density at radius 1 is 1.24 bits per heavy atom. The molecule has 1 N–H and O–H groups in total. The number of aliphatic hydroxyl groups excluding tert-OH is 1. The molecule has 0 aromatic heterocycles. The number of rotatable bonds is 4. The van der Waals surface area contributed by atoms with Crippen molar-refractivity contribution in [3.8, 4) is 0 Å². The van der Waals surface area contributed by atoms with E-state index in [9.17, 15) is 9.90 Å². The van der Waals surface area contributed by atoms with E-state index in [0.29, 0.717) is 0 Å². The zero-order valence-electron chi connectivity index (χ0n) is 13.3. The zero-order chi connectivity index (χ0) is 15.8. The summed E-state index contributed by atoms with van der Waals surface area (Å²) in [6, 6.07) is 9.36. The van der Waals surface area contributed by atoms with E-state index in [1.165, 1.54) is 0 Å². The van der Waals surface area contributed by atoms with Gasteiger partial charge >= 0.3 is 5.97 Å². The second-order valence-electron chi connectivity index (χ2n) is 6.50. The number of carbonyl (C=O) groups excluding carboxylic acids is 1. The summed E-state index contributed by atoms with van der Waals surface area (Å²) in [6.07, 6.45) is -1.27. The lowest BCUT2D eigenvalue weighted by Gasteiger charge is -2.60. The Balaban J connectivity index is 2.46. The van der Waals surface area contributed by atoms with Crippen LogP contribution in [-0.4, -0.2) is 29.4 Å². The van der Waals surface area contributed by atoms with Crippen molar-refractivity contribution in [2.75, 3.05) is 0 Å². The maximum absolute atomic E-state index is 12.7.